The summed E-state index contributed by atoms with van der Waals surface area (Å²) in [5.41, 5.74) is 0.782. The molecule has 0 unspecified atom stereocenters. The van der Waals surface area contributed by atoms with E-state index in [1.165, 1.54) is 19.3 Å². The Morgan fingerprint density at radius 1 is 1.38 bits per heavy atom. The van der Waals surface area contributed by atoms with Gasteiger partial charge in [0.05, 0.1) is 11.5 Å². The third kappa shape index (κ3) is 0.264. The molecule has 0 radical (unpaired) electrons. The van der Waals surface area contributed by atoms with Gasteiger partial charge < -0.3 is 0 Å². The van der Waals surface area contributed by atoms with Crippen LogP contribution < -0.4 is 0 Å². The van der Waals surface area contributed by atoms with Crippen molar-refractivity contribution in [3.05, 3.63) is 0 Å². The summed E-state index contributed by atoms with van der Waals surface area (Å²) in [6, 6.07) is 2.37. The van der Waals surface area contributed by atoms with Gasteiger partial charge in [0.25, 0.3) is 0 Å². The van der Waals surface area contributed by atoms with Crippen LogP contribution in [0.15, 0.2) is 0 Å². The van der Waals surface area contributed by atoms with Crippen LogP contribution in [-0.4, -0.2) is 0 Å². The lowest BCUT2D eigenvalue weighted by atomic mass is 9.36. The summed E-state index contributed by atoms with van der Waals surface area (Å²) in [7, 11) is 0. The van der Waals surface area contributed by atoms with Crippen molar-refractivity contribution in [2.24, 2.45) is 10.8 Å². The molecule has 0 aromatic heterocycles. The van der Waals surface area contributed by atoms with Crippen LogP contribution in [0, 0.1) is 22.2 Å². The van der Waals surface area contributed by atoms with E-state index in [9.17, 15) is 0 Å². The van der Waals surface area contributed by atoms with Crippen LogP contribution in [0.25, 0.3) is 0 Å². The van der Waals surface area contributed by atoms with E-state index < -0.39 is 0 Å². The van der Waals surface area contributed by atoms with E-state index in [4.69, 9.17) is 5.26 Å². The predicted molar refractivity (Wildman–Crippen MR) is 30.0 cm³/mol. The molecule has 1 heteroatoms. The lowest BCUT2D eigenvalue weighted by Gasteiger charge is -2.65. The number of nitrogens with zero attached hydrogens (tertiary/aromatic N) is 1. The minimum atomic E-state index is 0.175. The van der Waals surface area contributed by atoms with Gasteiger partial charge in [0.1, 0.15) is 0 Å². The number of nitriles is 1. The first-order valence-electron chi connectivity index (χ1n) is 3.09. The zero-order valence-electron chi connectivity index (χ0n) is 5.07. The Balaban J connectivity index is 2.17. The molecule has 0 atom stereocenters. The standard InChI is InChI=1S/C7H9N/c1-6-2-7(3-6,4-6)5-8/h2-4H2,1H3. The average molecular weight is 107 g/mol. The lowest BCUT2D eigenvalue weighted by Crippen LogP contribution is -2.58. The van der Waals surface area contributed by atoms with Crippen molar-refractivity contribution in [2.45, 2.75) is 26.2 Å². The molecule has 0 amide bonds. The highest BCUT2D eigenvalue weighted by molar-refractivity contribution is 5.24. The predicted octanol–water partition coefficient (Wildman–Crippen LogP) is 1.70. The fourth-order valence-electron chi connectivity index (χ4n) is 2.41. The summed E-state index contributed by atoms with van der Waals surface area (Å²) in [6.07, 6.45) is 3.53. The Labute approximate surface area is 49.3 Å². The molecule has 3 aliphatic carbocycles. The van der Waals surface area contributed by atoms with Gasteiger partial charge in [-0.25, -0.2) is 0 Å². The highest BCUT2D eigenvalue weighted by Gasteiger charge is 2.65. The largest absolute Gasteiger partial charge is 0.198 e. The van der Waals surface area contributed by atoms with Gasteiger partial charge in [-0.2, -0.15) is 5.26 Å². The molecule has 1 nitrogen and oxygen atoms in total. The van der Waals surface area contributed by atoms with Crippen LogP contribution in [0.3, 0.4) is 0 Å². The summed E-state index contributed by atoms with van der Waals surface area (Å²) < 4.78 is 0. The SMILES string of the molecule is CC12CC(C#N)(C1)C2. The van der Waals surface area contributed by atoms with Gasteiger partial charge in [-0.15, -0.1) is 0 Å². The molecule has 0 N–H and O–H groups in total. The molecule has 0 heterocycles. The van der Waals surface area contributed by atoms with Gasteiger partial charge in [-0.05, 0) is 24.7 Å². The quantitative estimate of drug-likeness (QED) is 0.462. The minimum Gasteiger partial charge on any atom is -0.198 e. The second kappa shape index (κ2) is 0.815. The zero-order chi connectivity index (χ0) is 5.83. The first-order valence-corrected chi connectivity index (χ1v) is 3.09. The smallest absolute Gasteiger partial charge is 0.0690 e. The third-order valence-electron chi connectivity index (χ3n) is 2.53. The summed E-state index contributed by atoms with van der Waals surface area (Å²) in [5.74, 6) is 0. The molecule has 0 spiro atoms. The summed E-state index contributed by atoms with van der Waals surface area (Å²) in [5, 5.41) is 8.55. The topological polar surface area (TPSA) is 23.8 Å². The monoisotopic (exact) mass is 107 g/mol. The van der Waals surface area contributed by atoms with Crippen LogP contribution in [-0.2, 0) is 0 Å². The number of hydrogen-bond acceptors (Lipinski definition) is 1. The highest BCUT2D eigenvalue weighted by Crippen LogP contribution is 2.72. The summed E-state index contributed by atoms with van der Waals surface area (Å²) in [4.78, 5) is 0. The van der Waals surface area contributed by atoms with Crippen molar-refractivity contribution >= 4 is 0 Å². The minimum absolute atomic E-state index is 0.175. The van der Waals surface area contributed by atoms with Gasteiger partial charge in [-0.1, -0.05) is 6.92 Å². The van der Waals surface area contributed by atoms with Gasteiger partial charge in [0.15, 0.2) is 0 Å². The van der Waals surface area contributed by atoms with Gasteiger partial charge >= 0.3 is 0 Å². The van der Waals surface area contributed by atoms with Gasteiger partial charge in [-0.3, -0.25) is 0 Å². The molecule has 3 rings (SSSR count). The van der Waals surface area contributed by atoms with Gasteiger partial charge in [0, 0.05) is 0 Å². The van der Waals surface area contributed by atoms with Crippen LogP contribution in [0.4, 0.5) is 0 Å². The molecular weight excluding hydrogens is 98.1 g/mol. The van der Waals surface area contributed by atoms with E-state index in [-0.39, 0.29) is 5.41 Å². The number of rotatable bonds is 0. The van der Waals surface area contributed by atoms with E-state index in [2.05, 4.69) is 13.0 Å². The average Bonchev–Trinajstić information content (AvgIpc) is 1.55. The van der Waals surface area contributed by atoms with E-state index in [0.29, 0.717) is 5.41 Å². The molecule has 0 saturated heterocycles. The first kappa shape index (κ1) is 4.38. The van der Waals surface area contributed by atoms with Crippen LogP contribution in [0.5, 0.6) is 0 Å². The van der Waals surface area contributed by atoms with Gasteiger partial charge in [0.2, 0.25) is 0 Å². The Hall–Kier alpha value is -0.510. The Bertz CT molecular complexity index is 156. The van der Waals surface area contributed by atoms with E-state index in [0.717, 1.165) is 0 Å². The molecule has 0 aliphatic heterocycles. The molecule has 0 aromatic rings. The maximum atomic E-state index is 8.55. The Kier molecular flexibility index (Phi) is 0.446. The Morgan fingerprint density at radius 2 is 1.88 bits per heavy atom. The molecule has 0 aromatic carbocycles. The molecule has 42 valence electrons. The van der Waals surface area contributed by atoms with Crippen molar-refractivity contribution in [3.63, 3.8) is 0 Å². The molecular formula is C7H9N. The summed E-state index contributed by atoms with van der Waals surface area (Å²) in [6.45, 7) is 2.27. The highest BCUT2D eigenvalue weighted by atomic mass is 14.7. The van der Waals surface area contributed by atoms with Crippen molar-refractivity contribution < 1.29 is 0 Å². The Morgan fingerprint density at radius 3 is 2.00 bits per heavy atom. The van der Waals surface area contributed by atoms with Crippen LogP contribution in [0.2, 0.25) is 0 Å². The van der Waals surface area contributed by atoms with Crippen molar-refractivity contribution in [1.82, 2.24) is 0 Å². The number of hydrogen-bond donors (Lipinski definition) is 0. The van der Waals surface area contributed by atoms with Crippen LogP contribution >= 0.6 is 0 Å². The van der Waals surface area contributed by atoms with Crippen LogP contribution in [0.1, 0.15) is 26.2 Å². The third-order valence-corrected chi connectivity index (χ3v) is 2.53. The maximum absolute atomic E-state index is 8.55. The maximum Gasteiger partial charge on any atom is 0.0690 e. The zero-order valence-corrected chi connectivity index (χ0v) is 5.07. The molecule has 3 saturated carbocycles. The first-order chi connectivity index (χ1) is 3.68. The molecule has 3 fully saturated rings. The second-order valence-corrected chi connectivity index (χ2v) is 3.73. The molecule has 8 heavy (non-hydrogen) atoms. The van der Waals surface area contributed by atoms with E-state index in [1.54, 1.807) is 0 Å². The van der Waals surface area contributed by atoms with Crippen molar-refractivity contribution in [2.75, 3.05) is 0 Å². The lowest BCUT2D eigenvalue weighted by molar-refractivity contribution is -0.147. The second-order valence-electron chi connectivity index (χ2n) is 3.73. The van der Waals surface area contributed by atoms with E-state index in [1.807, 2.05) is 0 Å². The van der Waals surface area contributed by atoms with E-state index >= 15 is 0 Å². The molecule has 3 aliphatic rings. The van der Waals surface area contributed by atoms with Crippen molar-refractivity contribution in [3.8, 4) is 6.07 Å². The molecule has 2 bridgehead atoms. The summed E-state index contributed by atoms with van der Waals surface area (Å²) >= 11 is 0. The normalized spacial score (nSPS) is 58.0. The van der Waals surface area contributed by atoms with Crippen molar-refractivity contribution in [1.29, 1.82) is 5.26 Å². The fraction of sp³-hybridized carbons (Fsp3) is 0.857. The fourth-order valence-corrected chi connectivity index (χ4v) is 2.41.